The third kappa shape index (κ3) is 3.20. The second-order valence-electron chi connectivity index (χ2n) is 7.68. The Labute approximate surface area is 125 Å². The molecule has 116 valence electrons. The molecule has 0 bridgehead atoms. The maximum absolute atomic E-state index is 3.49. The lowest BCUT2D eigenvalue weighted by Gasteiger charge is -2.48. The predicted octanol–water partition coefficient (Wildman–Crippen LogP) is 2.32. The number of rotatable bonds is 2. The van der Waals surface area contributed by atoms with Crippen LogP contribution in [0.15, 0.2) is 0 Å². The Morgan fingerprint density at radius 2 is 1.45 bits per heavy atom. The minimum absolute atomic E-state index is 0.720. The van der Waals surface area contributed by atoms with Crippen LogP contribution in [-0.4, -0.2) is 62.2 Å². The van der Waals surface area contributed by atoms with Crippen LogP contribution in [0.3, 0.4) is 0 Å². The molecule has 0 aromatic heterocycles. The Morgan fingerprint density at radius 3 is 2.05 bits per heavy atom. The fourth-order valence-corrected chi connectivity index (χ4v) is 4.73. The number of hydrogen-bond donors (Lipinski definition) is 1. The van der Waals surface area contributed by atoms with Crippen molar-refractivity contribution in [3.63, 3.8) is 0 Å². The van der Waals surface area contributed by atoms with Crippen LogP contribution >= 0.6 is 0 Å². The maximum Gasteiger partial charge on any atom is 0.0119 e. The second kappa shape index (κ2) is 6.33. The van der Waals surface area contributed by atoms with Crippen molar-refractivity contribution < 1.29 is 0 Å². The van der Waals surface area contributed by atoms with Crippen molar-refractivity contribution in [2.24, 2.45) is 5.41 Å². The molecule has 3 aliphatic rings. The molecule has 0 atom stereocenters. The van der Waals surface area contributed by atoms with E-state index in [1.54, 1.807) is 0 Å². The molecule has 3 heteroatoms. The van der Waals surface area contributed by atoms with E-state index >= 15 is 0 Å². The number of nitrogens with zero attached hydrogens (tertiary/aromatic N) is 2. The maximum atomic E-state index is 3.49. The van der Waals surface area contributed by atoms with Crippen molar-refractivity contribution in [1.82, 2.24) is 15.1 Å². The quantitative estimate of drug-likeness (QED) is 0.837. The van der Waals surface area contributed by atoms with E-state index in [1.165, 1.54) is 77.5 Å². The molecule has 3 nitrogen and oxygen atoms in total. The van der Waals surface area contributed by atoms with Crippen molar-refractivity contribution in [2.75, 3.05) is 40.3 Å². The summed E-state index contributed by atoms with van der Waals surface area (Å²) >= 11 is 0. The molecule has 3 fully saturated rings. The summed E-state index contributed by atoms with van der Waals surface area (Å²) < 4.78 is 0. The number of likely N-dealkylation sites (tertiary alicyclic amines) is 1. The van der Waals surface area contributed by atoms with Crippen molar-refractivity contribution >= 4 is 0 Å². The molecule has 0 aromatic carbocycles. The van der Waals surface area contributed by atoms with Crippen LogP contribution in [0.25, 0.3) is 0 Å². The number of nitrogens with one attached hydrogen (secondary N) is 1. The van der Waals surface area contributed by atoms with Crippen LogP contribution in [0.1, 0.15) is 51.4 Å². The van der Waals surface area contributed by atoms with Crippen molar-refractivity contribution in [3.05, 3.63) is 0 Å². The highest BCUT2D eigenvalue weighted by atomic mass is 15.2. The average Bonchev–Trinajstić information content (AvgIpc) is 2.52. The van der Waals surface area contributed by atoms with Gasteiger partial charge in [0.1, 0.15) is 0 Å². The van der Waals surface area contributed by atoms with E-state index in [4.69, 9.17) is 0 Å². The summed E-state index contributed by atoms with van der Waals surface area (Å²) in [6.45, 7) is 5.10. The minimum atomic E-state index is 0.720. The van der Waals surface area contributed by atoms with E-state index in [-0.39, 0.29) is 0 Å². The summed E-state index contributed by atoms with van der Waals surface area (Å²) in [7, 11) is 4.68. The zero-order chi connectivity index (χ0) is 14.0. The zero-order valence-corrected chi connectivity index (χ0v) is 13.5. The smallest absolute Gasteiger partial charge is 0.0119 e. The molecule has 1 N–H and O–H groups in total. The molecule has 0 unspecified atom stereocenters. The first kappa shape index (κ1) is 14.8. The molecular formula is C17H33N3. The van der Waals surface area contributed by atoms with Gasteiger partial charge in [0.25, 0.3) is 0 Å². The summed E-state index contributed by atoms with van der Waals surface area (Å²) in [5.41, 5.74) is 0.720. The van der Waals surface area contributed by atoms with Gasteiger partial charge in [-0.1, -0.05) is 0 Å². The van der Waals surface area contributed by atoms with Gasteiger partial charge in [-0.2, -0.15) is 0 Å². The topological polar surface area (TPSA) is 18.5 Å². The van der Waals surface area contributed by atoms with E-state index in [0.29, 0.717) is 0 Å². The van der Waals surface area contributed by atoms with Crippen LogP contribution in [0.5, 0.6) is 0 Å². The molecule has 0 radical (unpaired) electrons. The molecule has 2 heterocycles. The van der Waals surface area contributed by atoms with Crippen molar-refractivity contribution in [1.29, 1.82) is 0 Å². The van der Waals surface area contributed by atoms with Crippen LogP contribution in [-0.2, 0) is 0 Å². The second-order valence-corrected chi connectivity index (χ2v) is 7.68. The van der Waals surface area contributed by atoms with Gasteiger partial charge in [-0.3, -0.25) is 0 Å². The highest BCUT2D eigenvalue weighted by Gasteiger charge is 2.39. The molecule has 1 spiro atoms. The molecule has 3 rings (SSSR count). The summed E-state index contributed by atoms with van der Waals surface area (Å²) in [5.74, 6) is 0. The summed E-state index contributed by atoms with van der Waals surface area (Å²) in [6, 6.07) is 1.70. The fourth-order valence-electron chi connectivity index (χ4n) is 4.73. The third-order valence-electron chi connectivity index (χ3n) is 6.52. The van der Waals surface area contributed by atoms with Crippen LogP contribution in [0.2, 0.25) is 0 Å². The fraction of sp³-hybridized carbons (Fsp3) is 1.00. The van der Waals surface area contributed by atoms with Gasteiger partial charge in [0, 0.05) is 12.1 Å². The van der Waals surface area contributed by atoms with Gasteiger partial charge >= 0.3 is 0 Å². The van der Waals surface area contributed by atoms with Crippen LogP contribution < -0.4 is 5.32 Å². The van der Waals surface area contributed by atoms with E-state index in [1.807, 2.05) is 0 Å². The van der Waals surface area contributed by atoms with Gasteiger partial charge in [-0.25, -0.2) is 0 Å². The molecule has 1 aliphatic carbocycles. The SMILES string of the molecule is CN1CCC2(CCC(N(C)C3CCNCC3)CC2)CC1. The van der Waals surface area contributed by atoms with E-state index in [0.717, 1.165) is 17.5 Å². The molecule has 0 amide bonds. The first-order valence-corrected chi connectivity index (χ1v) is 8.80. The standard InChI is InChI=1S/C17H33N3/c1-19-13-9-17(10-14-19)7-3-15(4-8-17)20(2)16-5-11-18-12-6-16/h15-16,18H,3-14H2,1-2H3. The monoisotopic (exact) mass is 279 g/mol. The van der Waals surface area contributed by atoms with E-state index < -0.39 is 0 Å². The highest BCUT2D eigenvalue weighted by Crippen LogP contribution is 2.45. The van der Waals surface area contributed by atoms with Crippen LogP contribution in [0.4, 0.5) is 0 Å². The Morgan fingerprint density at radius 1 is 0.900 bits per heavy atom. The highest BCUT2D eigenvalue weighted by molar-refractivity contribution is 4.93. The largest absolute Gasteiger partial charge is 0.317 e. The molecule has 1 saturated carbocycles. The summed E-state index contributed by atoms with van der Waals surface area (Å²) in [6.07, 6.45) is 11.5. The average molecular weight is 279 g/mol. The first-order valence-electron chi connectivity index (χ1n) is 8.80. The lowest BCUT2D eigenvalue weighted by Crippen LogP contribution is -2.49. The van der Waals surface area contributed by atoms with Gasteiger partial charge in [0.05, 0.1) is 0 Å². The zero-order valence-electron chi connectivity index (χ0n) is 13.5. The Bertz CT molecular complexity index is 293. The third-order valence-corrected chi connectivity index (χ3v) is 6.52. The van der Waals surface area contributed by atoms with Gasteiger partial charge in [0.2, 0.25) is 0 Å². The molecule has 20 heavy (non-hydrogen) atoms. The minimum Gasteiger partial charge on any atom is -0.317 e. The Hall–Kier alpha value is -0.120. The Kier molecular flexibility index (Phi) is 4.68. The summed E-state index contributed by atoms with van der Waals surface area (Å²) in [5, 5.41) is 3.49. The van der Waals surface area contributed by atoms with Crippen molar-refractivity contribution in [3.8, 4) is 0 Å². The normalized spacial score (nSPS) is 30.1. The molecule has 0 aromatic rings. The molecule has 2 saturated heterocycles. The predicted molar refractivity (Wildman–Crippen MR) is 85.1 cm³/mol. The molecule has 2 aliphatic heterocycles. The van der Waals surface area contributed by atoms with Gasteiger partial charge in [-0.15, -0.1) is 0 Å². The Balaban J connectivity index is 1.50. The van der Waals surface area contributed by atoms with Gasteiger partial charge in [0.15, 0.2) is 0 Å². The lowest BCUT2D eigenvalue weighted by atomic mass is 9.66. The van der Waals surface area contributed by atoms with Gasteiger partial charge in [-0.05, 0) is 97.1 Å². The van der Waals surface area contributed by atoms with Gasteiger partial charge < -0.3 is 15.1 Å². The lowest BCUT2D eigenvalue weighted by molar-refractivity contribution is 0.0303. The van der Waals surface area contributed by atoms with E-state index in [2.05, 4.69) is 29.2 Å². The van der Waals surface area contributed by atoms with Crippen molar-refractivity contribution in [2.45, 2.75) is 63.5 Å². The molecular weight excluding hydrogens is 246 g/mol. The first-order chi connectivity index (χ1) is 9.69. The number of piperidine rings is 2. The van der Waals surface area contributed by atoms with Crippen LogP contribution in [0, 0.1) is 5.41 Å². The number of hydrogen-bond acceptors (Lipinski definition) is 3. The van der Waals surface area contributed by atoms with E-state index in [9.17, 15) is 0 Å². The summed E-state index contributed by atoms with van der Waals surface area (Å²) in [4.78, 5) is 5.25.